The Morgan fingerprint density at radius 1 is 1.15 bits per heavy atom. The van der Waals surface area contributed by atoms with Gasteiger partial charge in [0.2, 0.25) is 0 Å². The molecule has 0 atom stereocenters. The number of halogens is 5. The molecule has 0 fully saturated rings. The van der Waals surface area contributed by atoms with E-state index in [1.807, 2.05) is 5.38 Å². The smallest absolute Gasteiger partial charge is 0.294 e. The van der Waals surface area contributed by atoms with Crippen molar-refractivity contribution in [2.45, 2.75) is 12.6 Å². The Balaban J connectivity index is 2.32. The molecule has 20 heavy (non-hydrogen) atoms. The van der Waals surface area contributed by atoms with Gasteiger partial charge >= 0.3 is 6.18 Å². The number of hydrogen-bond acceptors (Lipinski definition) is 2. The van der Waals surface area contributed by atoms with Gasteiger partial charge in [-0.3, -0.25) is 4.79 Å². The van der Waals surface area contributed by atoms with Gasteiger partial charge in [0.05, 0.1) is 5.56 Å². The maximum Gasteiger partial charge on any atom is 0.416 e. The first-order valence-electron chi connectivity index (χ1n) is 5.41. The molecule has 0 N–H and O–H groups in total. The molecule has 2 aromatic rings. The average molecular weight is 428 g/mol. The molecule has 0 aliphatic carbocycles. The van der Waals surface area contributed by atoms with E-state index in [9.17, 15) is 18.0 Å². The third kappa shape index (κ3) is 3.51. The molecule has 0 amide bonds. The Bertz CT molecular complexity index is 649. The molecule has 1 aromatic heterocycles. The Morgan fingerprint density at radius 2 is 1.85 bits per heavy atom. The van der Waals surface area contributed by atoms with Crippen molar-refractivity contribution in [3.63, 3.8) is 0 Å². The lowest BCUT2D eigenvalue weighted by Crippen LogP contribution is -2.09. The van der Waals surface area contributed by atoms with Crippen molar-refractivity contribution in [1.29, 1.82) is 0 Å². The monoisotopic (exact) mass is 426 g/mol. The maximum absolute atomic E-state index is 12.7. The number of rotatable bonds is 3. The number of carbonyl (C=O) groups excluding carboxylic acids is 1. The SMILES string of the molecule is O=C(Cc1sccc1Br)c1cc(C(F)(F)F)ccc1Br. The fourth-order valence-corrected chi connectivity index (χ4v) is 3.57. The Labute approximate surface area is 134 Å². The highest BCUT2D eigenvalue weighted by molar-refractivity contribution is 9.10. The van der Waals surface area contributed by atoms with Crippen LogP contribution in [-0.2, 0) is 12.6 Å². The lowest BCUT2D eigenvalue weighted by atomic mass is 10.0. The van der Waals surface area contributed by atoms with E-state index in [0.717, 1.165) is 21.5 Å². The molecule has 7 heteroatoms. The van der Waals surface area contributed by atoms with Crippen molar-refractivity contribution in [1.82, 2.24) is 0 Å². The Morgan fingerprint density at radius 3 is 2.40 bits per heavy atom. The maximum atomic E-state index is 12.7. The molecule has 0 aliphatic rings. The van der Waals surface area contributed by atoms with E-state index in [0.29, 0.717) is 4.47 Å². The molecule has 2 rings (SSSR count). The van der Waals surface area contributed by atoms with Gasteiger partial charge in [0.25, 0.3) is 0 Å². The summed E-state index contributed by atoms with van der Waals surface area (Å²) in [6, 6.07) is 4.88. The molecule has 0 saturated carbocycles. The third-order valence-electron chi connectivity index (χ3n) is 2.61. The fraction of sp³-hybridized carbons (Fsp3) is 0.154. The van der Waals surface area contributed by atoms with Crippen LogP contribution in [0.1, 0.15) is 20.8 Å². The van der Waals surface area contributed by atoms with Crippen LogP contribution in [0.2, 0.25) is 0 Å². The zero-order chi connectivity index (χ0) is 14.9. The summed E-state index contributed by atoms with van der Waals surface area (Å²) >= 11 is 7.81. The van der Waals surface area contributed by atoms with Gasteiger partial charge in [0.15, 0.2) is 5.78 Å². The fourth-order valence-electron chi connectivity index (χ4n) is 1.61. The lowest BCUT2D eigenvalue weighted by Gasteiger charge is -2.10. The molecule has 0 unspecified atom stereocenters. The van der Waals surface area contributed by atoms with E-state index in [1.54, 1.807) is 6.07 Å². The lowest BCUT2D eigenvalue weighted by molar-refractivity contribution is -0.137. The first kappa shape index (κ1) is 15.7. The topological polar surface area (TPSA) is 17.1 Å². The van der Waals surface area contributed by atoms with Gasteiger partial charge in [-0.1, -0.05) is 15.9 Å². The van der Waals surface area contributed by atoms with Crippen LogP contribution in [0, 0.1) is 0 Å². The highest BCUT2D eigenvalue weighted by Crippen LogP contribution is 2.33. The molecular weight excluding hydrogens is 421 g/mol. The second-order valence-corrected chi connectivity index (χ2v) is 6.69. The van der Waals surface area contributed by atoms with Crippen molar-refractivity contribution in [2.24, 2.45) is 0 Å². The number of hydrogen-bond donors (Lipinski definition) is 0. The van der Waals surface area contributed by atoms with Crippen molar-refractivity contribution >= 4 is 49.0 Å². The van der Waals surface area contributed by atoms with Gasteiger partial charge in [-0.25, -0.2) is 0 Å². The summed E-state index contributed by atoms with van der Waals surface area (Å²) in [5.74, 6) is -0.355. The molecule has 1 nitrogen and oxygen atoms in total. The molecule has 1 heterocycles. The van der Waals surface area contributed by atoms with E-state index in [4.69, 9.17) is 0 Å². The van der Waals surface area contributed by atoms with E-state index in [1.165, 1.54) is 17.4 Å². The van der Waals surface area contributed by atoms with Gasteiger partial charge in [-0.15, -0.1) is 11.3 Å². The van der Waals surface area contributed by atoms with Gasteiger partial charge < -0.3 is 0 Å². The minimum Gasteiger partial charge on any atom is -0.294 e. The van der Waals surface area contributed by atoms with Gasteiger partial charge in [0, 0.05) is 25.8 Å². The minimum absolute atomic E-state index is 0.0418. The first-order chi connectivity index (χ1) is 9.29. The molecule has 0 saturated heterocycles. The second kappa shape index (κ2) is 5.99. The highest BCUT2D eigenvalue weighted by Gasteiger charge is 2.31. The number of carbonyl (C=O) groups is 1. The van der Waals surface area contributed by atoms with Gasteiger partial charge in [0.1, 0.15) is 0 Å². The van der Waals surface area contributed by atoms with Gasteiger partial charge in [-0.05, 0) is 45.6 Å². The normalized spacial score (nSPS) is 11.7. The molecule has 1 aromatic carbocycles. The zero-order valence-electron chi connectivity index (χ0n) is 9.80. The third-order valence-corrected chi connectivity index (χ3v) is 5.22. The number of Topliss-reactive ketones (excluding diaryl/α,β-unsaturated/α-hetero) is 1. The number of thiophene rings is 1. The molecule has 0 bridgehead atoms. The Kier molecular flexibility index (Phi) is 4.71. The van der Waals surface area contributed by atoms with E-state index in [2.05, 4.69) is 31.9 Å². The molecule has 0 aliphatic heterocycles. The number of alkyl halides is 3. The van der Waals surface area contributed by atoms with Crippen LogP contribution >= 0.6 is 43.2 Å². The molecule has 106 valence electrons. The van der Waals surface area contributed by atoms with Crippen LogP contribution in [0.5, 0.6) is 0 Å². The first-order valence-corrected chi connectivity index (χ1v) is 7.87. The largest absolute Gasteiger partial charge is 0.416 e. The van der Waals surface area contributed by atoms with E-state index in [-0.39, 0.29) is 17.8 Å². The summed E-state index contributed by atoms with van der Waals surface area (Å²) in [5, 5.41) is 1.81. The van der Waals surface area contributed by atoms with Crippen LogP contribution in [0.4, 0.5) is 13.2 Å². The summed E-state index contributed by atoms with van der Waals surface area (Å²) < 4.78 is 39.2. The Hall–Kier alpha value is -0.660. The van der Waals surface area contributed by atoms with Crippen molar-refractivity contribution in [2.75, 3.05) is 0 Å². The van der Waals surface area contributed by atoms with Crippen LogP contribution < -0.4 is 0 Å². The van der Waals surface area contributed by atoms with E-state index < -0.39 is 11.7 Å². The van der Waals surface area contributed by atoms with Crippen molar-refractivity contribution < 1.29 is 18.0 Å². The average Bonchev–Trinajstić information content (AvgIpc) is 2.74. The molecule has 0 spiro atoms. The molecular formula is C13H7Br2F3OS. The van der Waals surface area contributed by atoms with E-state index >= 15 is 0 Å². The van der Waals surface area contributed by atoms with Crippen molar-refractivity contribution in [3.05, 3.63) is 54.6 Å². The molecule has 0 radical (unpaired) electrons. The summed E-state index contributed by atoms with van der Waals surface area (Å²) in [4.78, 5) is 12.9. The van der Waals surface area contributed by atoms with Crippen LogP contribution in [0.3, 0.4) is 0 Å². The van der Waals surface area contributed by atoms with Crippen LogP contribution in [0.15, 0.2) is 38.6 Å². The summed E-state index contributed by atoms with van der Waals surface area (Å²) in [7, 11) is 0. The van der Waals surface area contributed by atoms with Crippen LogP contribution in [0.25, 0.3) is 0 Å². The highest BCUT2D eigenvalue weighted by atomic mass is 79.9. The van der Waals surface area contributed by atoms with Gasteiger partial charge in [-0.2, -0.15) is 13.2 Å². The zero-order valence-corrected chi connectivity index (χ0v) is 13.8. The predicted octanol–water partition coefficient (Wildman–Crippen LogP) is 5.72. The minimum atomic E-state index is -4.46. The standard InChI is InChI=1S/C13H7Br2F3OS/c14-9-2-1-7(13(16,17)18)5-8(9)11(19)6-12-10(15)3-4-20-12/h1-5H,6H2. The second-order valence-electron chi connectivity index (χ2n) is 3.98. The summed E-state index contributed by atoms with van der Waals surface area (Å²) in [5.41, 5.74) is -0.783. The summed E-state index contributed by atoms with van der Waals surface area (Å²) in [6.07, 6.45) is -4.39. The predicted molar refractivity (Wildman–Crippen MR) is 79.2 cm³/mol. The van der Waals surface area contributed by atoms with Crippen LogP contribution in [-0.4, -0.2) is 5.78 Å². The number of benzene rings is 1. The summed E-state index contributed by atoms with van der Waals surface area (Å²) in [6.45, 7) is 0. The van der Waals surface area contributed by atoms with Crippen molar-refractivity contribution in [3.8, 4) is 0 Å². The number of ketones is 1. The quantitative estimate of drug-likeness (QED) is 0.572.